The summed E-state index contributed by atoms with van der Waals surface area (Å²) in [5, 5.41) is 0. The van der Waals surface area contributed by atoms with Crippen LogP contribution in [-0.4, -0.2) is 21.0 Å². The molecule has 0 bridgehead atoms. The Morgan fingerprint density at radius 1 is 1.26 bits per heavy atom. The van der Waals surface area contributed by atoms with Gasteiger partial charge in [0.05, 0.1) is 5.69 Å². The highest BCUT2D eigenvalue weighted by Gasteiger charge is 2.21. The molecule has 0 radical (unpaired) electrons. The number of carbonyl (C=O) groups excluding carboxylic acids is 1. The number of rotatable bonds is 4. The molecule has 100 valence electrons. The minimum atomic E-state index is -0.290. The van der Waals surface area contributed by atoms with E-state index in [0.717, 1.165) is 5.69 Å². The van der Waals surface area contributed by atoms with Crippen molar-refractivity contribution in [2.75, 3.05) is 5.88 Å². The molecule has 2 rings (SSSR count). The molecule has 2 aromatic rings. The molecule has 0 fully saturated rings. The maximum absolute atomic E-state index is 12.4. The fourth-order valence-electron chi connectivity index (χ4n) is 2.10. The third-order valence-electron chi connectivity index (χ3n) is 3.15. The summed E-state index contributed by atoms with van der Waals surface area (Å²) in [6.45, 7) is 1.77. The third kappa shape index (κ3) is 2.36. The van der Waals surface area contributed by atoms with Crippen LogP contribution >= 0.6 is 11.6 Å². The normalized spacial score (nSPS) is 10.7. The summed E-state index contributed by atoms with van der Waals surface area (Å²) in [4.78, 5) is 24.4. The van der Waals surface area contributed by atoms with Gasteiger partial charge in [0.15, 0.2) is 5.78 Å². The van der Waals surface area contributed by atoms with Gasteiger partial charge in [0, 0.05) is 25.0 Å². The van der Waals surface area contributed by atoms with Crippen molar-refractivity contribution in [2.45, 2.75) is 13.3 Å². The van der Waals surface area contributed by atoms with Gasteiger partial charge in [-0.2, -0.15) is 0 Å². The molecule has 0 saturated heterocycles. The number of carbonyl (C=O) groups is 1. The van der Waals surface area contributed by atoms with Gasteiger partial charge in [-0.3, -0.25) is 14.3 Å². The lowest BCUT2D eigenvalue weighted by atomic mass is 10.1. The Bertz CT molecular complexity index is 656. The van der Waals surface area contributed by atoms with Crippen LogP contribution in [0.2, 0.25) is 0 Å². The molecular weight excluding hydrogens is 264 g/mol. The predicted octanol–water partition coefficient (Wildman–Crippen LogP) is 2.30. The average Bonchev–Trinajstić information content (AvgIpc) is 2.62. The third-order valence-corrected chi connectivity index (χ3v) is 3.34. The smallest absolute Gasteiger partial charge is 0.282 e. The molecule has 0 aliphatic carbocycles. The molecule has 0 aliphatic rings. The first-order chi connectivity index (χ1) is 9.07. The van der Waals surface area contributed by atoms with E-state index in [9.17, 15) is 9.59 Å². The molecule has 4 nitrogen and oxygen atoms in total. The number of hydrogen-bond donors (Lipinski definition) is 0. The highest BCUT2D eigenvalue weighted by atomic mass is 35.5. The number of aromatic nitrogens is 2. The quantitative estimate of drug-likeness (QED) is 0.636. The molecule has 1 aromatic carbocycles. The van der Waals surface area contributed by atoms with Crippen molar-refractivity contribution in [1.82, 2.24) is 9.36 Å². The second-order valence-electron chi connectivity index (χ2n) is 4.30. The highest BCUT2D eigenvalue weighted by molar-refractivity contribution is 6.19. The van der Waals surface area contributed by atoms with E-state index in [4.69, 9.17) is 11.6 Å². The van der Waals surface area contributed by atoms with Gasteiger partial charge in [-0.1, -0.05) is 18.2 Å². The lowest BCUT2D eigenvalue weighted by Crippen LogP contribution is -2.22. The number of ketones is 1. The van der Waals surface area contributed by atoms with E-state index in [1.807, 2.05) is 30.3 Å². The Morgan fingerprint density at radius 3 is 2.47 bits per heavy atom. The Kier molecular flexibility index (Phi) is 3.90. The number of halogens is 1. The van der Waals surface area contributed by atoms with E-state index >= 15 is 0 Å². The van der Waals surface area contributed by atoms with Crippen LogP contribution in [0.25, 0.3) is 5.69 Å². The molecule has 0 spiro atoms. The first-order valence-electron chi connectivity index (χ1n) is 6.01. The summed E-state index contributed by atoms with van der Waals surface area (Å²) in [5.41, 5.74) is 1.33. The van der Waals surface area contributed by atoms with Crippen molar-refractivity contribution in [3.63, 3.8) is 0 Å². The largest absolute Gasteiger partial charge is 0.294 e. The summed E-state index contributed by atoms with van der Waals surface area (Å²) in [7, 11) is 1.77. The van der Waals surface area contributed by atoms with Crippen molar-refractivity contribution in [1.29, 1.82) is 0 Å². The van der Waals surface area contributed by atoms with E-state index < -0.39 is 0 Å². The highest BCUT2D eigenvalue weighted by Crippen LogP contribution is 2.11. The zero-order chi connectivity index (χ0) is 14.0. The van der Waals surface area contributed by atoms with Crippen molar-refractivity contribution in [2.24, 2.45) is 7.05 Å². The van der Waals surface area contributed by atoms with E-state index in [2.05, 4.69) is 0 Å². The van der Waals surface area contributed by atoms with Crippen LogP contribution in [0.15, 0.2) is 35.1 Å². The topological polar surface area (TPSA) is 44.0 Å². The monoisotopic (exact) mass is 278 g/mol. The van der Waals surface area contributed by atoms with Gasteiger partial charge in [-0.05, 0) is 19.1 Å². The first kappa shape index (κ1) is 13.6. The number of nitrogens with zero attached hydrogens (tertiary/aromatic N) is 2. The predicted molar refractivity (Wildman–Crippen MR) is 75.4 cm³/mol. The Morgan fingerprint density at radius 2 is 1.89 bits per heavy atom. The van der Waals surface area contributed by atoms with Gasteiger partial charge < -0.3 is 0 Å². The lowest BCUT2D eigenvalue weighted by molar-refractivity contribution is 0.0987. The van der Waals surface area contributed by atoms with E-state index in [1.165, 1.54) is 4.68 Å². The van der Waals surface area contributed by atoms with Gasteiger partial charge in [-0.15, -0.1) is 11.6 Å². The van der Waals surface area contributed by atoms with E-state index in [1.54, 1.807) is 18.7 Å². The molecule has 5 heteroatoms. The number of para-hydroxylation sites is 1. The molecule has 0 amide bonds. The summed E-state index contributed by atoms with van der Waals surface area (Å²) in [6, 6.07) is 9.24. The zero-order valence-corrected chi connectivity index (χ0v) is 11.6. The molecule has 1 heterocycles. The van der Waals surface area contributed by atoms with Gasteiger partial charge in [-0.25, -0.2) is 4.68 Å². The lowest BCUT2D eigenvalue weighted by Gasteiger charge is -2.07. The molecule has 0 saturated carbocycles. The maximum Gasteiger partial charge on any atom is 0.282 e. The molecule has 19 heavy (non-hydrogen) atoms. The summed E-state index contributed by atoms with van der Waals surface area (Å²) in [6.07, 6.45) is 0.177. The van der Waals surface area contributed by atoms with Gasteiger partial charge in [0.1, 0.15) is 5.56 Å². The van der Waals surface area contributed by atoms with Crippen LogP contribution in [0.3, 0.4) is 0 Å². The van der Waals surface area contributed by atoms with Crippen LogP contribution in [0.5, 0.6) is 0 Å². The van der Waals surface area contributed by atoms with Crippen molar-refractivity contribution < 1.29 is 4.79 Å². The van der Waals surface area contributed by atoms with Crippen LogP contribution in [-0.2, 0) is 7.05 Å². The standard InChI is InChI=1S/C14H15ClN2O2/c1-10-13(12(18)8-9-15)14(19)17(16(10)2)11-6-4-3-5-7-11/h3-7H,8-9H2,1-2H3. The van der Waals surface area contributed by atoms with Crippen molar-refractivity contribution >= 4 is 17.4 Å². The number of hydrogen-bond acceptors (Lipinski definition) is 2. The molecule has 0 aliphatic heterocycles. The number of alkyl halides is 1. The maximum atomic E-state index is 12.4. The van der Waals surface area contributed by atoms with Crippen LogP contribution in [0.4, 0.5) is 0 Å². The average molecular weight is 279 g/mol. The molecule has 0 N–H and O–H groups in total. The van der Waals surface area contributed by atoms with Crippen molar-refractivity contribution in [3.05, 3.63) is 51.9 Å². The van der Waals surface area contributed by atoms with E-state index in [-0.39, 0.29) is 29.2 Å². The van der Waals surface area contributed by atoms with Gasteiger partial charge in [0.2, 0.25) is 0 Å². The molecule has 1 aromatic heterocycles. The number of benzene rings is 1. The Labute approximate surface area is 116 Å². The Balaban J connectivity index is 2.63. The van der Waals surface area contributed by atoms with Crippen LogP contribution < -0.4 is 5.56 Å². The number of Topliss-reactive ketones (excluding diaryl/α,β-unsaturated/α-hetero) is 1. The minimum Gasteiger partial charge on any atom is -0.294 e. The first-order valence-corrected chi connectivity index (χ1v) is 6.54. The van der Waals surface area contributed by atoms with Crippen molar-refractivity contribution in [3.8, 4) is 5.69 Å². The zero-order valence-electron chi connectivity index (χ0n) is 10.9. The molecule has 0 atom stereocenters. The van der Waals surface area contributed by atoms with Gasteiger partial charge in [0.25, 0.3) is 5.56 Å². The summed E-state index contributed by atoms with van der Waals surface area (Å²) in [5.74, 6) is 0.0144. The van der Waals surface area contributed by atoms with Crippen LogP contribution in [0.1, 0.15) is 22.5 Å². The molecular formula is C14H15ClN2O2. The second kappa shape index (κ2) is 5.45. The second-order valence-corrected chi connectivity index (χ2v) is 4.68. The minimum absolute atomic E-state index is 0.177. The SMILES string of the molecule is Cc1c(C(=O)CCCl)c(=O)n(-c2ccccc2)n1C. The fraction of sp³-hybridized carbons (Fsp3) is 0.286. The van der Waals surface area contributed by atoms with Gasteiger partial charge >= 0.3 is 0 Å². The Hall–Kier alpha value is -1.81. The van der Waals surface area contributed by atoms with Crippen LogP contribution in [0, 0.1) is 6.92 Å². The molecule has 0 unspecified atom stereocenters. The summed E-state index contributed by atoms with van der Waals surface area (Å²) < 4.78 is 3.19. The summed E-state index contributed by atoms with van der Waals surface area (Å²) >= 11 is 5.58. The van der Waals surface area contributed by atoms with E-state index in [0.29, 0.717) is 5.69 Å². The fourth-order valence-corrected chi connectivity index (χ4v) is 2.27.